The van der Waals surface area contributed by atoms with Crippen LogP contribution in [0.5, 0.6) is 0 Å². The summed E-state index contributed by atoms with van der Waals surface area (Å²) in [7, 11) is -1.40. The highest BCUT2D eigenvalue weighted by atomic mass is 28.3. The summed E-state index contributed by atoms with van der Waals surface area (Å²) < 4.78 is 0. The van der Waals surface area contributed by atoms with Gasteiger partial charge in [-0.2, -0.15) is 0 Å². The van der Waals surface area contributed by atoms with Gasteiger partial charge in [-0.15, -0.1) is 0 Å². The Morgan fingerprint density at radius 3 is 2.06 bits per heavy atom. The minimum Gasteiger partial charge on any atom is -0.393 e. The van der Waals surface area contributed by atoms with Crippen molar-refractivity contribution in [2.45, 2.75) is 57.5 Å². The van der Waals surface area contributed by atoms with E-state index < -0.39 is 8.07 Å². The normalized spacial score (nSPS) is 17.5. The lowest BCUT2D eigenvalue weighted by atomic mass is 9.89. The van der Waals surface area contributed by atoms with E-state index in [1.807, 2.05) is 6.92 Å². The van der Waals surface area contributed by atoms with Gasteiger partial charge in [0.2, 0.25) is 0 Å². The molecule has 0 aromatic heterocycles. The molecule has 1 unspecified atom stereocenters. The quantitative estimate of drug-likeness (QED) is 0.784. The van der Waals surface area contributed by atoms with Crippen LogP contribution in [0, 0.1) is 0 Å². The van der Waals surface area contributed by atoms with E-state index in [1.54, 1.807) is 0 Å². The fraction of sp³-hybridized carbons (Fsp3) is 0.600. The van der Waals surface area contributed by atoms with Crippen molar-refractivity contribution < 1.29 is 5.11 Å². The molecular weight excluding hydrogens is 224 g/mol. The molecule has 1 rings (SSSR count). The molecule has 2 heteroatoms. The van der Waals surface area contributed by atoms with Crippen LogP contribution in [0.15, 0.2) is 30.3 Å². The summed E-state index contributed by atoms with van der Waals surface area (Å²) in [6, 6.07) is 10.7. The van der Waals surface area contributed by atoms with Gasteiger partial charge in [0.15, 0.2) is 0 Å². The molecule has 96 valence electrons. The maximum absolute atomic E-state index is 9.87. The highest BCUT2D eigenvalue weighted by molar-refractivity contribution is 6.79. The largest absolute Gasteiger partial charge is 0.393 e. The van der Waals surface area contributed by atoms with E-state index in [9.17, 15) is 5.11 Å². The zero-order valence-electron chi connectivity index (χ0n) is 11.8. The van der Waals surface area contributed by atoms with Crippen molar-refractivity contribution >= 4 is 8.07 Å². The Labute approximate surface area is 107 Å². The first-order valence-electron chi connectivity index (χ1n) is 6.57. The molecule has 0 spiro atoms. The molecule has 0 saturated carbocycles. The lowest BCUT2D eigenvalue weighted by molar-refractivity contribution is 0.163. The van der Waals surface area contributed by atoms with Gasteiger partial charge in [-0.1, -0.05) is 56.9 Å². The van der Waals surface area contributed by atoms with Gasteiger partial charge < -0.3 is 5.11 Å². The van der Waals surface area contributed by atoms with Crippen molar-refractivity contribution in [1.29, 1.82) is 0 Å². The summed E-state index contributed by atoms with van der Waals surface area (Å²) >= 11 is 0. The summed E-state index contributed by atoms with van der Waals surface area (Å²) in [6.45, 7) is 11.4. The van der Waals surface area contributed by atoms with Crippen LogP contribution in [-0.2, 0) is 5.04 Å². The van der Waals surface area contributed by atoms with Gasteiger partial charge in [-0.3, -0.25) is 0 Å². The fourth-order valence-corrected chi connectivity index (χ4v) is 6.00. The third-order valence-corrected chi connectivity index (χ3v) is 7.73. The Kier molecular flexibility index (Phi) is 4.56. The third-order valence-electron chi connectivity index (χ3n) is 4.01. The van der Waals surface area contributed by atoms with E-state index in [4.69, 9.17) is 0 Å². The number of hydrogen-bond acceptors (Lipinski definition) is 1. The molecule has 0 saturated heterocycles. The van der Waals surface area contributed by atoms with E-state index in [1.165, 1.54) is 5.56 Å². The minimum absolute atomic E-state index is 0.183. The second-order valence-corrected chi connectivity index (χ2v) is 11.6. The monoisotopic (exact) mass is 250 g/mol. The molecule has 0 aliphatic rings. The topological polar surface area (TPSA) is 20.2 Å². The molecule has 2 atom stereocenters. The summed E-state index contributed by atoms with van der Waals surface area (Å²) in [5.74, 6) is 0. The minimum atomic E-state index is -1.40. The van der Waals surface area contributed by atoms with Gasteiger partial charge in [0.25, 0.3) is 0 Å². The van der Waals surface area contributed by atoms with Crippen molar-refractivity contribution in [2.24, 2.45) is 0 Å². The van der Waals surface area contributed by atoms with Crippen LogP contribution in [0.3, 0.4) is 0 Å². The molecule has 1 N–H and O–H groups in total. The average molecular weight is 250 g/mol. The van der Waals surface area contributed by atoms with E-state index in [2.05, 4.69) is 56.9 Å². The number of benzene rings is 1. The van der Waals surface area contributed by atoms with Gasteiger partial charge in [0.05, 0.1) is 14.2 Å². The fourth-order valence-electron chi connectivity index (χ4n) is 3.00. The Hall–Kier alpha value is -0.603. The predicted molar refractivity (Wildman–Crippen MR) is 78.1 cm³/mol. The zero-order valence-corrected chi connectivity index (χ0v) is 12.8. The number of aliphatic hydroxyl groups excluding tert-OH is 1. The average Bonchev–Trinajstić information content (AvgIpc) is 2.25. The molecule has 0 amide bonds. The number of hydrogen-bond donors (Lipinski definition) is 1. The highest BCUT2D eigenvalue weighted by Gasteiger charge is 2.43. The molecule has 0 heterocycles. The van der Waals surface area contributed by atoms with Gasteiger partial charge in [-0.25, -0.2) is 0 Å². The van der Waals surface area contributed by atoms with Crippen LogP contribution in [-0.4, -0.2) is 19.3 Å². The van der Waals surface area contributed by atoms with Gasteiger partial charge in [-0.05, 0) is 30.4 Å². The Bertz CT molecular complexity index is 340. The molecule has 1 aromatic carbocycles. The molecule has 0 aliphatic heterocycles. The molecule has 1 nitrogen and oxygen atoms in total. The summed E-state index contributed by atoms with van der Waals surface area (Å²) in [6.07, 6.45) is 1.75. The second kappa shape index (κ2) is 5.36. The van der Waals surface area contributed by atoms with Gasteiger partial charge >= 0.3 is 0 Å². The summed E-state index contributed by atoms with van der Waals surface area (Å²) in [5.41, 5.74) is 1.41. The first-order valence-corrected chi connectivity index (χ1v) is 10.1. The Morgan fingerprint density at radius 2 is 1.71 bits per heavy atom. The Balaban J connectivity index is 3.27. The second-order valence-electron chi connectivity index (χ2n) is 6.10. The van der Waals surface area contributed by atoms with Crippen LogP contribution < -0.4 is 0 Å². The van der Waals surface area contributed by atoms with Crippen LogP contribution in [0.1, 0.15) is 32.3 Å². The molecule has 1 aromatic rings. The SMILES string of the molecule is CCC(C[C@H](C)O)(c1ccccc1)[Si](C)(C)C. The van der Waals surface area contributed by atoms with Gasteiger partial charge in [0.1, 0.15) is 0 Å². The molecule has 0 aliphatic carbocycles. The van der Waals surface area contributed by atoms with Crippen LogP contribution >= 0.6 is 0 Å². The van der Waals surface area contributed by atoms with Crippen LogP contribution in [0.4, 0.5) is 0 Å². The van der Waals surface area contributed by atoms with Crippen molar-refractivity contribution in [3.05, 3.63) is 35.9 Å². The van der Waals surface area contributed by atoms with E-state index in [-0.39, 0.29) is 11.1 Å². The lowest BCUT2D eigenvalue weighted by Crippen LogP contribution is -2.50. The molecule has 17 heavy (non-hydrogen) atoms. The van der Waals surface area contributed by atoms with E-state index >= 15 is 0 Å². The zero-order chi connectivity index (χ0) is 13.1. The molecule has 0 fully saturated rings. The van der Waals surface area contributed by atoms with Crippen molar-refractivity contribution in [1.82, 2.24) is 0 Å². The number of rotatable bonds is 5. The van der Waals surface area contributed by atoms with Gasteiger partial charge in [0, 0.05) is 0 Å². The van der Waals surface area contributed by atoms with E-state index in [0.717, 1.165) is 12.8 Å². The molecular formula is C15H26OSi. The highest BCUT2D eigenvalue weighted by Crippen LogP contribution is 2.41. The van der Waals surface area contributed by atoms with Crippen LogP contribution in [0.2, 0.25) is 19.6 Å². The van der Waals surface area contributed by atoms with Crippen molar-refractivity contribution in [3.63, 3.8) is 0 Å². The first-order chi connectivity index (χ1) is 7.83. The molecule has 0 bridgehead atoms. The third kappa shape index (κ3) is 2.99. The first kappa shape index (κ1) is 14.5. The number of aliphatic hydroxyl groups is 1. The van der Waals surface area contributed by atoms with Crippen molar-refractivity contribution in [2.75, 3.05) is 0 Å². The molecule has 0 radical (unpaired) electrons. The van der Waals surface area contributed by atoms with E-state index in [0.29, 0.717) is 0 Å². The van der Waals surface area contributed by atoms with Crippen LogP contribution in [0.25, 0.3) is 0 Å². The predicted octanol–water partition coefficient (Wildman–Crippen LogP) is 3.98. The van der Waals surface area contributed by atoms with Crippen molar-refractivity contribution in [3.8, 4) is 0 Å². The summed E-state index contributed by atoms with van der Waals surface area (Å²) in [5, 5.41) is 10.0. The Morgan fingerprint density at radius 1 is 1.18 bits per heavy atom. The maximum atomic E-state index is 9.87. The lowest BCUT2D eigenvalue weighted by Gasteiger charge is -2.45. The standard InChI is InChI=1S/C15H26OSi/c1-6-15(12-13(2)16,17(3,4)5)14-10-8-7-9-11-14/h7-11,13,16H,6,12H2,1-5H3/t13-,15?/m0/s1. The maximum Gasteiger partial charge on any atom is 0.0558 e. The summed E-state index contributed by atoms with van der Waals surface area (Å²) in [4.78, 5) is 0. The smallest absolute Gasteiger partial charge is 0.0558 e.